The summed E-state index contributed by atoms with van der Waals surface area (Å²) in [4.78, 5) is 5.18. The van der Waals surface area contributed by atoms with Crippen molar-refractivity contribution in [1.29, 1.82) is 0 Å². The molecule has 2 aliphatic rings. The maximum absolute atomic E-state index is 5.78. The second kappa shape index (κ2) is 5.08. The molecule has 108 valence electrons. The van der Waals surface area contributed by atoms with Gasteiger partial charge in [-0.15, -0.1) is 0 Å². The van der Waals surface area contributed by atoms with Gasteiger partial charge in [-0.2, -0.15) is 0 Å². The number of anilines is 2. The van der Waals surface area contributed by atoms with Crippen molar-refractivity contribution in [2.45, 2.75) is 25.0 Å². The number of likely N-dealkylation sites (tertiary alicyclic amines) is 1. The van der Waals surface area contributed by atoms with Crippen LogP contribution in [0.25, 0.3) is 0 Å². The van der Waals surface area contributed by atoms with E-state index >= 15 is 0 Å². The van der Waals surface area contributed by atoms with E-state index in [4.69, 9.17) is 5.73 Å². The first-order valence-corrected chi connectivity index (χ1v) is 7.70. The van der Waals surface area contributed by atoms with E-state index in [0.717, 1.165) is 18.8 Å². The molecule has 0 aliphatic carbocycles. The highest BCUT2D eigenvalue weighted by Gasteiger charge is 2.42. The Labute approximate surface area is 126 Å². The summed E-state index contributed by atoms with van der Waals surface area (Å²) < 4.78 is 0. The van der Waals surface area contributed by atoms with E-state index in [1.165, 1.54) is 24.2 Å². The number of piperazine rings is 1. The molecule has 0 saturated carbocycles. The van der Waals surface area contributed by atoms with E-state index in [9.17, 15) is 0 Å². The molecule has 2 unspecified atom stereocenters. The van der Waals surface area contributed by atoms with Gasteiger partial charge < -0.3 is 10.6 Å². The van der Waals surface area contributed by atoms with Gasteiger partial charge in [-0.1, -0.05) is 30.3 Å². The van der Waals surface area contributed by atoms with E-state index in [1.54, 1.807) is 0 Å². The molecule has 2 fully saturated rings. The van der Waals surface area contributed by atoms with Crippen LogP contribution >= 0.6 is 0 Å². The van der Waals surface area contributed by atoms with E-state index < -0.39 is 0 Å². The Balaban J connectivity index is 1.45. The fourth-order valence-corrected chi connectivity index (χ4v) is 3.74. The van der Waals surface area contributed by atoms with E-state index in [-0.39, 0.29) is 0 Å². The number of rotatable bonds is 3. The van der Waals surface area contributed by atoms with Crippen LogP contribution < -0.4 is 10.6 Å². The molecule has 4 rings (SSSR count). The Hall–Kier alpha value is -2.00. The molecule has 2 aromatic rings. The quantitative estimate of drug-likeness (QED) is 0.877. The fourth-order valence-electron chi connectivity index (χ4n) is 3.74. The minimum absolute atomic E-state index is 0.655. The first-order valence-electron chi connectivity index (χ1n) is 7.70. The monoisotopic (exact) mass is 279 g/mol. The lowest BCUT2D eigenvalue weighted by atomic mass is 10.2. The Bertz CT molecular complexity index is 608. The summed E-state index contributed by atoms with van der Waals surface area (Å²) in [5.41, 5.74) is 9.36. The lowest BCUT2D eigenvalue weighted by Crippen LogP contribution is -2.46. The van der Waals surface area contributed by atoms with Crippen molar-refractivity contribution in [3.05, 3.63) is 60.2 Å². The maximum atomic E-state index is 5.78. The Morgan fingerprint density at radius 2 is 1.67 bits per heavy atom. The minimum Gasteiger partial charge on any atom is -0.399 e. The van der Waals surface area contributed by atoms with Crippen molar-refractivity contribution >= 4 is 11.4 Å². The molecule has 3 heteroatoms. The van der Waals surface area contributed by atoms with Gasteiger partial charge >= 0.3 is 0 Å². The third kappa shape index (κ3) is 2.38. The van der Waals surface area contributed by atoms with Gasteiger partial charge in [0.2, 0.25) is 0 Å². The highest BCUT2D eigenvalue weighted by molar-refractivity contribution is 5.55. The molecular weight excluding hydrogens is 258 g/mol. The number of nitrogens with two attached hydrogens (primary N) is 1. The van der Waals surface area contributed by atoms with Crippen LogP contribution in [-0.2, 0) is 6.54 Å². The second-order valence-corrected chi connectivity index (χ2v) is 6.20. The number of nitrogens with zero attached hydrogens (tertiary/aromatic N) is 2. The number of nitrogen functional groups attached to an aromatic ring is 1. The van der Waals surface area contributed by atoms with Crippen molar-refractivity contribution < 1.29 is 0 Å². The molecule has 0 spiro atoms. The van der Waals surface area contributed by atoms with Crippen molar-refractivity contribution in [1.82, 2.24) is 4.90 Å². The van der Waals surface area contributed by atoms with Gasteiger partial charge in [-0.25, -0.2) is 0 Å². The smallest absolute Gasteiger partial charge is 0.0433 e. The Morgan fingerprint density at radius 3 is 2.33 bits per heavy atom. The van der Waals surface area contributed by atoms with Crippen LogP contribution in [0.3, 0.4) is 0 Å². The number of fused-ring (bicyclic) bond motifs is 2. The van der Waals surface area contributed by atoms with Gasteiger partial charge in [0.25, 0.3) is 0 Å². The summed E-state index contributed by atoms with van der Waals surface area (Å²) in [6, 6.07) is 20.4. The van der Waals surface area contributed by atoms with Crippen LogP contribution in [0.15, 0.2) is 54.6 Å². The van der Waals surface area contributed by atoms with Crippen molar-refractivity contribution in [2.24, 2.45) is 0 Å². The highest BCUT2D eigenvalue weighted by atomic mass is 15.3. The zero-order valence-electron chi connectivity index (χ0n) is 12.2. The molecule has 0 amide bonds. The predicted molar refractivity (Wildman–Crippen MR) is 87.2 cm³/mol. The second-order valence-electron chi connectivity index (χ2n) is 6.20. The van der Waals surface area contributed by atoms with E-state index in [2.05, 4.69) is 52.3 Å². The number of benzene rings is 2. The van der Waals surface area contributed by atoms with Crippen molar-refractivity contribution in [3.8, 4) is 0 Å². The van der Waals surface area contributed by atoms with Gasteiger partial charge in [-0.05, 0) is 36.2 Å². The van der Waals surface area contributed by atoms with Crippen molar-refractivity contribution in [3.63, 3.8) is 0 Å². The lowest BCUT2D eigenvalue weighted by molar-refractivity contribution is 0.230. The normalized spacial score (nSPS) is 24.7. The van der Waals surface area contributed by atoms with Crippen LogP contribution in [0.1, 0.15) is 12.0 Å². The van der Waals surface area contributed by atoms with Crippen LogP contribution in [-0.4, -0.2) is 30.1 Å². The van der Waals surface area contributed by atoms with Crippen LogP contribution in [0.4, 0.5) is 11.4 Å². The summed E-state index contributed by atoms with van der Waals surface area (Å²) in [6.07, 6.45) is 1.29. The lowest BCUT2D eigenvalue weighted by Gasteiger charge is -2.35. The molecule has 2 aromatic carbocycles. The molecule has 2 aliphatic heterocycles. The Kier molecular flexibility index (Phi) is 3.08. The van der Waals surface area contributed by atoms with Crippen molar-refractivity contribution in [2.75, 3.05) is 23.7 Å². The first kappa shape index (κ1) is 12.7. The summed E-state index contributed by atoms with van der Waals surface area (Å²) in [5.74, 6) is 0. The van der Waals surface area contributed by atoms with E-state index in [1.807, 2.05) is 12.1 Å². The molecule has 2 atom stereocenters. The molecule has 2 bridgehead atoms. The number of hydrogen-bond donors (Lipinski definition) is 1. The van der Waals surface area contributed by atoms with Gasteiger partial charge in [0.05, 0.1) is 0 Å². The molecular formula is C18H21N3. The summed E-state index contributed by atoms with van der Waals surface area (Å²) >= 11 is 0. The average molecular weight is 279 g/mol. The third-order valence-corrected chi connectivity index (χ3v) is 4.81. The zero-order valence-corrected chi connectivity index (χ0v) is 12.2. The minimum atomic E-state index is 0.655. The topological polar surface area (TPSA) is 32.5 Å². The summed E-state index contributed by atoms with van der Waals surface area (Å²) in [5, 5.41) is 0. The molecule has 21 heavy (non-hydrogen) atoms. The first-order chi connectivity index (χ1) is 10.3. The third-order valence-electron chi connectivity index (χ3n) is 4.81. The van der Waals surface area contributed by atoms with Crippen LogP contribution in [0.5, 0.6) is 0 Å². The molecule has 0 aromatic heterocycles. The van der Waals surface area contributed by atoms with Crippen LogP contribution in [0, 0.1) is 0 Å². The SMILES string of the molecule is Nc1ccc(N2CC3CC2CN3Cc2ccccc2)cc1. The van der Waals surface area contributed by atoms with E-state index in [0.29, 0.717) is 12.1 Å². The summed E-state index contributed by atoms with van der Waals surface area (Å²) in [7, 11) is 0. The molecule has 2 heterocycles. The molecule has 2 saturated heterocycles. The van der Waals surface area contributed by atoms with Gasteiger partial charge in [0, 0.05) is 43.1 Å². The maximum Gasteiger partial charge on any atom is 0.0433 e. The number of hydrogen-bond acceptors (Lipinski definition) is 3. The van der Waals surface area contributed by atoms with Gasteiger partial charge in [0.15, 0.2) is 0 Å². The van der Waals surface area contributed by atoms with Crippen LogP contribution in [0.2, 0.25) is 0 Å². The Morgan fingerprint density at radius 1 is 0.905 bits per heavy atom. The highest BCUT2D eigenvalue weighted by Crippen LogP contribution is 2.35. The predicted octanol–water partition coefficient (Wildman–Crippen LogP) is 2.73. The largest absolute Gasteiger partial charge is 0.399 e. The standard InChI is InChI=1S/C18H21N3/c19-15-6-8-16(9-7-15)21-13-17-10-18(21)12-20(17)11-14-4-2-1-3-5-14/h1-9,17-18H,10-13,19H2. The fraction of sp³-hybridized carbons (Fsp3) is 0.333. The molecule has 0 radical (unpaired) electrons. The zero-order chi connectivity index (χ0) is 14.2. The summed E-state index contributed by atoms with van der Waals surface area (Å²) in [6.45, 7) is 3.39. The molecule has 3 nitrogen and oxygen atoms in total. The average Bonchev–Trinajstić information content (AvgIpc) is 3.09. The van der Waals surface area contributed by atoms with Gasteiger partial charge in [0.1, 0.15) is 0 Å². The van der Waals surface area contributed by atoms with Gasteiger partial charge in [-0.3, -0.25) is 4.90 Å². The molecule has 2 N–H and O–H groups in total.